The van der Waals surface area contributed by atoms with E-state index in [4.69, 9.17) is 0 Å². The molecule has 3 heterocycles. The van der Waals surface area contributed by atoms with Crippen molar-refractivity contribution in [1.29, 1.82) is 0 Å². The van der Waals surface area contributed by atoms with Crippen LogP contribution in [0.1, 0.15) is 0 Å². The minimum atomic E-state index is -3.65. The maximum atomic E-state index is 15.3. The summed E-state index contributed by atoms with van der Waals surface area (Å²) in [6.45, 7) is -1.29. The fourth-order valence-corrected chi connectivity index (χ4v) is 5.87. The van der Waals surface area contributed by atoms with Gasteiger partial charge in [-0.25, -0.2) is 0 Å². The van der Waals surface area contributed by atoms with Crippen molar-refractivity contribution in [3.05, 3.63) is 0 Å². The zero-order chi connectivity index (χ0) is 15.5. The molecule has 3 aliphatic heterocycles. The molecule has 12 heteroatoms. The van der Waals surface area contributed by atoms with Gasteiger partial charge in [0, 0.05) is 28.2 Å². The van der Waals surface area contributed by atoms with Gasteiger partial charge < -0.3 is 26.9 Å². The molecule has 3 fully saturated rings. The van der Waals surface area contributed by atoms with E-state index < -0.39 is 13.7 Å². The van der Waals surface area contributed by atoms with Crippen molar-refractivity contribution in [3.8, 4) is 0 Å². The topological polar surface area (TPSA) is 13.0 Å². The molecule has 1 spiro atoms. The fraction of sp³-hybridized carbons (Fsp3) is 1.00. The zero-order valence-electron chi connectivity index (χ0n) is 13.7. The van der Waals surface area contributed by atoms with E-state index in [2.05, 4.69) is 9.44 Å². The van der Waals surface area contributed by atoms with E-state index in [1.165, 1.54) is 0 Å². The summed E-state index contributed by atoms with van der Waals surface area (Å²) in [5.41, 5.74) is 0. The molecular weight excluding hydrogens is 261 g/mol. The molecule has 3 aliphatic rings. The van der Waals surface area contributed by atoms with Gasteiger partial charge in [0.2, 0.25) is 0 Å². The average molecular weight is 286 g/mol. The molecule has 20 heavy (non-hydrogen) atoms. The minimum absolute atomic E-state index is 0.0196. The monoisotopic (exact) mass is 286 g/mol. The summed E-state index contributed by atoms with van der Waals surface area (Å²) in [6, 6.07) is 0. The van der Waals surface area contributed by atoms with Crippen LogP contribution in [0.5, 0.6) is 0 Å². The summed E-state index contributed by atoms with van der Waals surface area (Å²) >= 11 is 0. The first-order valence-electron chi connectivity index (χ1n) is 7.26. The Kier molecular flexibility index (Phi) is 2.55. The first kappa shape index (κ1) is 14.8. The molecule has 112 valence electrons. The Labute approximate surface area is 121 Å². The highest BCUT2D eigenvalue weighted by atomic mass is 19.2. The molecule has 0 aliphatic carbocycles. The van der Waals surface area contributed by atoms with Gasteiger partial charge in [-0.1, -0.05) is 13.6 Å². The van der Waals surface area contributed by atoms with Gasteiger partial charge in [-0.2, -0.15) is 0 Å². The lowest BCUT2D eigenvalue weighted by Gasteiger charge is -2.81. The number of halogens is 2. The standard InChI is InChI=1S/C8H24B4F2N6/c1-9-15(3)12-16(4)10(2)18(6)20(12,8)11(13,14)19(12,7)17(9)5/h1-8H3. The lowest BCUT2D eigenvalue weighted by atomic mass is 9.41. The Bertz CT molecular complexity index is 444. The van der Waals surface area contributed by atoms with Crippen molar-refractivity contribution in [3.63, 3.8) is 0 Å². The Morgan fingerprint density at radius 1 is 0.800 bits per heavy atom. The van der Waals surface area contributed by atoms with Crippen LogP contribution < -0.4 is 0 Å². The summed E-state index contributed by atoms with van der Waals surface area (Å²) < 4.78 is 34.3. The first-order chi connectivity index (χ1) is 8.95. The molecule has 0 radical (unpaired) electrons. The first-order valence-corrected chi connectivity index (χ1v) is 7.26. The normalized spacial score (nSPS) is 49.5. The summed E-state index contributed by atoms with van der Waals surface area (Å²) in [5, 5.41) is 0. The van der Waals surface area contributed by atoms with Crippen molar-refractivity contribution >= 4 is 27.6 Å². The molecule has 0 bridgehead atoms. The second-order valence-electron chi connectivity index (χ2n) is 7.22. The predicted molar refractivity (Wildman–Crippen MR) is 80.4 cm³/mol. The number of quaternary nitrogens is 2. The molecule has 0 saturated carbocycles. The Balaban J connectivity index is 2.32. The predicted octanol–water partition coefficient (Wildman–Crippen LogP) is -0.476. The molecule has 3 saturated heterocycles. The molecule has 6 nitrogen and oxygen atoms in total. The van der Waals surface area contributed by atoms with E-state index in [1.807, 2.05) is 51.7 Å². The lowest BCUT2D eigenvalue weighted by molar-refractivity contribution is -1.06. The van der Waals surface area contributed by atoms with Crippen LogP contribution in [0.2, 0.25) is 13.6 Å². The van der Waals surface area contributed by atoms with E-state index in [-0.39, 0.29) is 22.8 Å². The van der Waals surface area contributed by atoms with Crippen LogP contribution in [0.3, 0.4) is 0 Å². The summed E-state index contributed by atoms with van der Waals surface area (Å²) in [5.74, 6) is 0. The fourth-order valence-electron chi connectivity index (χ4n) is 5.87. The van der Waals surface area contributed by atoms with Crippen molar-refractivity contribution in [2.75, 3.05) is 42.3 Å². The van der Waals surface area contributed by atoms with Crippen LogP contribution in [0.4, 0.5) is 8.63 Å². The summed E-state index contributed by atoms with van der Waals surface area (Å²) in [6.07, 6.45) is 0. The Morgan fingerprint density at radius 2 is 1.10 bits per heavy atom. The number of nitrogens with zero attached hydrogens (tertiary/aromatic N) is 6. The van der Waals surface area contributed by atoms with Gasteiger partial charge in [0.1, 0.15) is 0 Å². The van der Waals surface area contributed by atoms with E-state index in [9.17, 15) is 0 Å². The van der Waals surface area contributed by atoms with Gasteiger partial charge in [-0.05, 0) is 14.1 Å². The quantitative estimate of drug-likeness (QED) is 0.558. The van der Waals surface area contributed by atoms with Crippen LogP contribution in [-0.2, 0) is 0 Å². The SMILES string of the molecule is CB1N(C)[B-]23N(C)B(C)N(C)[N+]2(C)[B-](F)(F)[N+]3(C)N1C. The molecule has 0 aromatic heterocycles. The van der Waals surface area contributed by atoms with Crippen molar-refractivity contribution in [2.24, 2.45) is 0 Å². The van der Waals surface area contributed by atoms with Crippen LogP contribution in [0, 0.1) is 0 Å². The maximum Gasteiger partial charge on any atom is 0.732 e. The van der Waals surface area contributed by atoms with Crippen LogP contribution in [0.25, 0.3) is 0 Å². The highest BCUT2D eigenvalue weighted by Crippen LogP contribution is 2.62. The maximum absolute atomic E-state index is 15.3. The smallest absolute Gasteiger partial charge is 0.434 e. The second kappa shape index (κ2) is 3.44. The number of hydrogen-bond acceptors (Lipinski definition) is 4. The van der Waals surface area contributed by atoms with Gasteiger partial charge >= 0.3 is 27.6 Å². The minimum Gasteiger partial charge on any atom is -0.434 e. The Morgan fingerprint density at radius 3 is 1.40 bits per heavy atom. The summed E-state index contributed by atoms with van der Waals surface area (Å²) in [7, 11) is 11.0. The van der Waals surface area contributed by atoms with Gasteiger partial charge in [-0.15, -0.1) is 0 Å². The number of rotatable bonds is 0. The largest absolute Gasteiger partial charge is 0.732 e. The van der Waals surface area contributed by atoms with Gasteiger partial charge in [0.25, 0.3) is 0 Å². The van der Waals surface area contributed by atoms with Gasteiger partial charge in [-0.3, -0.25) is 9.84 Å². The van der Waals surface area contributed by atoms with Crippen LogP contribution in [0.15, 0.2) is 0 Å². The highest BCUT2D eigenvalue weighted by Gasteiger charge is 2.97. The molecule has 0 aromatic rings. The molecule has 2 unspecified atom stereocenters. The van der Waals surface area contributed by atoms with Crippen molar-refractivity contribution < 1.29 is 17.5 Å². The van der Waals surface area contributed by atoms with Gasteiger partial charge in [0.15, 0.2) is 0 Å². The molecule has 0 amide bonds. The third-order valence-corrected chi connectivity index (χ3v) is 7.37. The second-order valence-corrected chi connectivity index (χ2v) is 7.22. The van der Waals surface area contributed by atoms with Crippen molar-refractivity contribution in [2.45, 2.75) is 13.6 Å². The van der Waals surface area contributed by atoms with E-state index in [0.29, 0.717) is 0 Å². The molecular formula is C8H24B4F2N6. The summed E-state index contributed by atoms with van der Waals surface area (Å²) in [4.78, 5) is 3.64. The lowest BCUT2D eigenvalue weighted by Crippen LogP contribution is -3.09. The van der Waals surface area contributed by atoms with Crippen molar-refractivity contribution in [1.82, 2.24) is 19.3 Å². The molecule has 0 N–H and O–H groups in total. The zero-order valence-corrected chi connectivity index (χ0v) is 13.7. The van der Waals surface area contributed by atoms with Crippen LogP contribution in [-0.4, -0.2) is 98.0 Å². The van der Waals surface area contributed by atoms with E-state index >= 15 is 8.63 Å². The number of hydrogen-bond donors (Lipinski definition) is 0. The molecule has 0 aromatic carbocycles. The van der Waals surface area contributed by atoms with E-state index in [0.717, 1.165) is 0 Å². The third kappa shape index (κ3) is 0.885. The van der Waals surface area contributed by atoms with E-state index in [1.54, 1.807) is 14.1 Å². The molecule has 2 atom stereocenters. The van der Waals surface area contributed by atoms with Gasteiger partial charge in [0.05, 0.1) is 0 Å². The molecule has 3 rings (SSSR count). The third-order valence-electron chi connectivity index (χ3n) is 7.37. The van der Waals surface area contributed by atoms with Crippen LogP contribution >= 0.6 is 0 Å². The average Bonchev–Trinajstić information content (AvgIpc) is 2.64. The Hall–Kier alpha value is -0.120. The highest BCUT2D eigenvalue weighted by molar-refractivity contribution is 6.95.